The third-order valence-electron chi connectivity index (χ3n) is 13.8. The summed E-state index contributed by atoms with van der Waals surface area (Å²) in [6.07, 6.45) is 17.5. The predicted molar refractivity (Wildman–Crippen MR) is 175 cm³/mol. The zero-order valence-corrected chi connectivity index (χ0v) is 27.1. The molecule has 8 aliphatic carbocycles. The van der Waals surface area contributed by atoms with E-state index in [9.17, 15) is 0 Å². The van der Waals surface area contributed by atoms with E-state index in [4.69, 9.17) is 0 Å². The van der Waals surface area contributed by atoms with E-state index < -0.39 is 0 Å². The van der Waals surface area contributed by atoms with Crippen molar-refractivity contribution in [3.63, 3.8) is 0 Å². The largest absolute Gasteiger partial charge is 0.101 e. The fraction of sp³-hybridized carbons (Fsp3) is 0.619. The normalized spacial score (nSPS) is 40.4. The molecule has 0 nitrogen and oxygen atoms in total. The second-order valence-electron chi connectivity index (χ2n) is 16.8. The SMILES string of the molecule is CC#Cc1c(C)cc(C)cc1C12CC3CC(C1)CC(C14CC5CC(CC(c6cc(C)cc(C)c6C#CC)(C5)C1)C4)(C3)C2. The molecule has 4 atom stereocenters. The van der Waals surface area contributed by atoms with Gasteiger partial charge in [0.15, 0.2) is 0 Å². The van der Waals surface area contributed by atoms with Crippen LogP contribution in [0.25, 0.3) is 0 Å². The molecule has 218 valence electrons. The molecule has 8 aliphatic rings. The van der Waals surface area contributed by atoms with Crippen molar-refractivity contribution in [3.8, 4) is 23.7 Å². The minimum absolute atomic E-state index is 0.329. The molecule has 0 radical (unpaired) electrons. The number of aryl methyl sites for hydroxylation is 4. The molecule has 0 aliphatic heterocycles. The lowest BCUT2D eigenvalue weighted by atomic mass is 9.30. The van der Waals surface area contributed by atoms with Crippen LogP contribution in [0.2, 0.25) is 0 Å². The maximum atomic E-state index is 3.64. The summed E-state index contributed by atoms with van der Waals surface area (Å²) < 4.78 is 0. The predicted octanol–water partition coefficient (Wildman–Crippen LogP) is 10.0. The molecule has 10 rings (SSSR count). The van der Waals surface area contributed by atoms with Crippen LogP contribution in [0.3, 0.4) is 0 Å². The Bertz CT molecular complexity index is 1460. The fourth-order valence-corrected chi connectivity index (χ4v) is 13.7. The zero-order chi connectivity index (χ0) is 29.1. The zero-order valence-electron chi connectivity index (χ0n) is 27.1. The Morgan fingerprint density at radius 3 is 1.21 bits per heavy atom. The van der Waals surface area contributed by atoms with Gasteiger partial charge in [-0.1, -0.05) is 47.2 Å². The van der Waals surface area contributed by atoms with Crippen LogP contribution in [0.1, 0.15) is 135 Å². The highest BCUT2D eigenvalue weighted by atomic mass is 14.7. The van der Waals surface area contributed by atoms with Crippen LogP contribution in [0.5, 0.6) is 0 Å². The monoisotopic (exact) mass is 554 g/mol. The Kier molecular flexibility index (Phi) is 5.84. The van der Waals surface area contributed by atoms with Gasteiger partial charge in [-0.3, -0.25) is 0 Å². The number of hydrogen-bond donors (Lipinski definition) is 0. The average Bonchev–Trinajstić information content (AvgIpc) is 2.90. The van der Waals surface area contributed by atoms with Crippen molar-refractivity contribution in [3.05, 3.63) is 68.8 Å². The molecule has 2 aromatic carbocycles. The van der Waals surface area contributed by atoms with Crippen molar-refractivity contribution < 1.29 is 0 Å². The number of benzene rings is 2. The highest BCUT2D eigenvalue weighted by Crippen LogP contribution is 2.79. The van der Waals surface area contributed by atoms with E-state index in [1.165, 1.54) is 110 Å². The first-order chi connectivity index (χ1) is 20.1. The lowest BCUT2D eigenvalue weighted by molar-refractivity contribution is -0.212. The minimum atomic E-state index is 0.329. The topological polar surface area (TPSA) is 0 Å². The second-order valence-corrected chi connectivity index (χ2v) is 16.8. The summed E-state index contributed by atoms with van der Waals surface area (Å²) in [5, 5.41) is 0. The molecule has 2 aromatic rings. The lowest BCUT2D eigenvalue weighted by Crippen LogP contribution is -2.66. The van der Waals surface area contributed by atoms with Gasteiger partial charge in [0.05, 0.1) is 0 Å². The first-order valence-corrected chi connectivity index (χ1v) is 17.2. The highest BCUT2D eigenvalue weighted by molar-refractivity contribution is 5.55. The van der Waals surface area contributed by atoms with Gasteiger partial charge in [0.25, 0.3) is 0 Å². The molecule has 0 spiro atoms. The van der Waals surface area contributed by atoms with Crippen LogP contribution in [-0.2, 0) is 10.8 Å². The quantitative estimate of drug-likeness (QED) is 0.331. The molecule has 0 heterocycles. The van der Waals surface area contributed by atoms with Crippen LogP contribution >= 0.6 is 0 Å². The van der Waals surface area contributed by atoms with Gasteiger partial charge in [-0.15, -0.1) is 11.8 Å². The maximum Gasteiger partial charge on any atom is 0.0312 e. The Balaban J connectivity index is 1.28. The van der Waals surface area contributed by atoms with Gasteiger partial charge >= 0.3 is 0 Å². The van der Waals surface area contributed by atoms with Crippen molar-refractivity contribution in [1.29, 1.82) is 0 Å². The Labute approximate surface area is 255 Å². The van der Waals surface area contributed by atoms with E-state index >= 15 is 0 Å². The molecule has 0 N–H and O–H groups in total. The maximum absolute atomic E-state index is 3.64. The average molecular weight is 555 g/mol. The molecule has 0 saturated heterocycles. The van der Waals surface area contributed by atoms with Crippen LogP contribution in [0.15, 0.2) is 24.3 Å². The van der Waals surface area contributed by atoms with Gasteiger partial charge in [-0.05, 0) is 186 Å². The van der Waals surface area contributed by atoms with Gasteiger partial charge in [-0.25, -0.2) is 0 Å². The second kappa shape index (κ2) is 9.04. The van der Waals surface area contributed by atoms with Gasteiger partial charge in [-0.2, -0.15) is 0 Å². The van der Waals surface area contributed by atoms with E-state index in [0.717, 1.165) is 23.7 Å². The molecule has 0 heteroatoms. The van der Waals surface area contributed by atoms with Gasteiger partial charge < -0.3 is 0 Å². The first-order valence-electron chi connectivity index (χ1n) is 17.2. The smallest absolute Gasteiger partial charge is 0.0312 e. The molecule has 8 saturated carbocycles. The van der Waals surface area contributed by atoms with E-state index in [2.05, 4.69) is 75.6 Å². The Morgan fingerprint density at radius 2 is 0.881 bits per heavy atom. The van der Waals surface area contributed by atoms with E-state index in [1.807, 2.05) is 13.8 Å². The van der Waals surface area contributed by atoms with Crippen molar-refractivity contribution >= 4 is 0 Å². The van der Waals surface area contributed by atoms with Gasteiger partial charge in [0.2, 0.25) is 0 Å². The highest BCUT2D eigenvalue weighted by Gasteiger charge is 2.70. The molecule has 8 bridgehead atoms. The Hall–Kier alpha value is -2.44. The minimum Gasteiger partial charge on any atom is -0.101 e. The van der Waals surface area contributed by atoms with E-state index in [-0.39, 0.29) is 0 Å². The number of rotatable bonds is 3. The van der Waals surface area contributed by atoms with Crippen LogP contribution < -0.4 is 0 Å². The fourth-order valence-electron chi connectivity index (χ4n) is 13.7. The molecular formula is C42H50. The summed E-state index contributed by atoms with van der Waals surface area (Å²) in [4.78, 5) is 0. The molecule has 0 amide bonds. The summed E-state index contributed by atoms with van der Waals surface area (Å²) in [5.41, 5.74) is 13.4. The van der Waals surface area contributed by atoms with E-state index in [1.54, 1.807) is 11.1 Å². The van der Waals surface area contributed by atoms with Crippen molar-refractivity contribution in [2.24, 2.45) is 34.5 Å². The van der Waals surface area contributed by atoms with Crippen molar-refractivity contribution in [2.45, 2.75) is 129 Å². The summed E-state index contributed by atoms with van der Waals surface area (Å²) in [7, 11) is 0. The van der Waals surface area contributed by atoms with Gasteiger partial charge in [0.1, 0.15) is 0 Å². The number of hydrogen-bond acceptors (Lipinski definition) is 0. The first kappa shape index (κ1) is 27.1. The van der Waals surface area contributed by atoms with Crippen LogP contribution in [0.4, 0.5) is 0 Å². The third kappa shape index (κ3) is 3.70. The van der Waals surface area contributed by atoms with Crippen molar-refractivity contribution in [2.75, 3.05) is 0 Å². The summed E-state index contributed by atoms with van der Waals surface area (Å²) in [6.45, 7) is 13.3. The van der Waals surface area contributed by atoms with Gasteiger partial charge in [0, 0.05) is 11.1 Å². The van der Waals surface area contributed by atoms with Crippen LogP contribution in [0, 0.1) is 85.9 Å². The molecule has 8 fully saturated rings. The molecule has 4 unspecified atom stereocenters. The molecule has 42 heavy (non-hydrogen) atoms. The summed E-state index contributed by atoms with van der Waals surface area (Å²) in [6, 6.07) is 9.92. The van der Waals surface area contributed by atoms with E-state index in [0.29, 0.717) is 21.7 Å². The summed E-state index contributed by atoms with van der Waals surface area (Å²) in [5.74, 6) is 17.5. The standard InChI is InChI=1S/C42H50/c1-7-9-35-29(5)11-27(3)13-37(35)39-17-31-15-32(18-39)22-41(21-31,25-39)42-23-33-16-34(24-42)20-40(19-33,26-42)38-14-28(4)12-30(6)36(38)10-8-2/h11-14,31-34H,15-26H2,1-6H3. The lowest BCUT2D eigenvalue weighted by Gasteiger charge is -2.74. The van der Waals surface area contributed by atoms with Crippen molar-refractivity contribution in [1.82, 2.24) is 0 Å². The summed E-state index contributed by atoms with van der Waals surface area (Å²) >= 11 is 0. The molecular weight excluding hydrogens is 504 g/mol. The third-order valence-corrected chi connectivity index (χ3v) is 13.8. The molecule has 0 aromatic heterocycles. The Morgan fingerprint density at radius 1 is 0.524 bits per heavy atom. The van der Waals surface area contributed by atoms with Crippen LogP contribution in [-0.4, -0.2) is 0 Å².